The molecule has 2 unspecified atom stereocenters. The van der Waals surface area contributed by atoms with Crippen LogP contribution in [0.5, 0.6) is 0 Å². The van der Waals surface area contributed by atoms with Crippen molar-refractivity contribution in [3.05, 3.63) is 83.4 Å². The van der Waals surface area contributed by atoms with Gasteiger partial charge in [0.2, 0.25) is 0 Å². The third-order valence-electron chi connectivity index (χ3n) is 5.82. The van der Waals surface area contributed by atoms with Gasteiger partial charge in [-0.2, -0.15) is 4.80 Å². The Morgan fingerprint density at radius 3 is 2.02 bits per heavy atom. The fourth-order valence-electron chi connectivity index (χ4n) is 4.07. The predicted octanol–water partition coefficient (Wildman–Crippen LogP) is -5.56. The van der Waals surface area contributed by atoms with Crippen molar-refractivity contribution in [1.29, 1.82) is 0 Å². The molecule has 0 aliphatic rings. The van der Waals surface area contributed by atoms with Crippen molar-refractivity contribution >= 4 is 66.2 Å². The third kappa shape index (κ3) is 7.93. The van der Waals surface area contributed by atoms with Gasteiger partial charge in [0, 0.05) is 15.2 Å². The monoisotopic (exact) mass is 635 g/mol. The van der Waals surface area contributed by atoms with Gasteiger partial charge in [0.1, 0.15) is 21.2 Å². The van der Waals surface area contributed by atoms with E-state index < -0.39 is 37.2 Å². The van der Waals surface area contributed by atoms with Gasteiger partial charge in [-0.25, -0.2) is 8.42 Å². The molecule has 1 heterocycles. The van der Waals surface area contributed by atoms with E-state index in [0.717, 1.165) is 16.4 Å². The first-order valence-corrected chi connectivity index (χ1v) is 14.4. The van der Waals surface area contributed by atoms with Crippen molar-refractivity contribution in [2.24, 2.45) is 0 Å². The summed E-state index contributed by atoms with van der Waals surface area (Å²) in [7, 11) is -4.96. The van der Waals surface area contributed by atoms with Crippen LogP contribution in [0.1, 0.15) is 16.7 Å². The first-order valence-electron chi connectivity index (χ1n) is 10.9. The van der Waals surface area contributed by atoms with Crippen LogP contribution in [0.4, 0.5) is 0 Å². The van der Waals surface area contributed by atoms with E-state index in [2.05, 4.69) is 10.2 Å². The fourth-order valence-corrected chi connectivity index (χ4v) is 5.94. The van der Waals surface area contributed by atoms with Crippen molar-refractivity contribution in [2.45, 2.75) is 21.6 Å². The Labute approximate surface area is 307 Å². The number of fused-ring (bicyclic) bond motifs is 3. The molecule has 0 saturated heterocycles. The molecule has 10 nitrogen and oxygen atoms in total. The molecule has 16 heteroatoms. The summed E-state index contributed by atoms with van der Waals surface area (Å²) in [6.45, 7) is 1.74. The molecule has 2 atom stereocenters. The molecule has 0 fully saturated rings. The van der Waals surface area contributed by atoms with Crippen molar-refractivity contribution in [3.8, 4) is 5.69 Å². The number of hydrogen-bond donors (Lipinski definition) is 0. The number of aryl methyl sites for hydroxylation is 1. The van der Waals surface area contributed by atoms with Crippen LogP contribution in [0.25, 0.3) is 39.6 Å². The molecule has 0 radical (unpaired) electrons. The average Bonchev–Trinajstić information content (AvgIpc) is 3.31. The summed E-state index contributed by atoms with van der Waals surface area (Å²) in [4.78, 5) is 0.631. The van der Waals surface area contributed by atoms with E-state index in [1.54, 1.807) is 43.3 Å². The number of nitrogens with zero attached hydrogens (tertiary/aromatic N) is 3. The van der Waals surface area contributed by atoms with Crippen LogP contribution in [-0.2, 0) is 32.3 Å². The quantitative estimate of drug-likeness (QED) is 0.0765. The number of rotatable bonds is 6. The predicted molar refractivity (Wildman–Crippen MR) is 139 cm³/mol. The van der Waals surface area contributed by atoms with Crippen molar-refractivity contribution in [1.82, 2.24) is 15.0 Å². The molecule has 1 aromatic heterocycles. The van der Waals surface area contributed by atoms with E-state index in [-0.39, 0.29) is 115 Å². The van der Waals surface area contributed by atoms with E-state index in [0.29, 0.717) is 21.9 Å². The van der Waals surface area contributed by atoms with Gasteiger partial charge >= 0.3 is 88.7 Å². The molecule has 5 rings (SSSR count). The maximum atomic E-state index is 12.1. The number of hydrogen-bond acceptors (Lipinski definition) is 9. The third-order valence-corrected chi connectivity index (χ3v) is 8.13. The van der Waals surface area contributed by atoms with Gasteiger partial charge in [-0.3, -0.25) is 8.42 Å². The molecule has 0 bridgehead atoms. The van der Waals surface area contributed by atoms with Crippen molar-refractivity contribution in [2.75, 3.05) is 0 Å². The van der Waals surface area contributed by atoms with Crippen LogP contribution in [0, 0.1) is 6.92 Å². The van der Waals surface area contributed by atoms with Crippen LogP contribution in [0.15, 0.2) is 81.4 Å². The summed E-state index contributed by atoms with van der Waals surface area (Å²) in [6, 6.07) is 16.9. The maximum absolute atomic E-state index is 12.1. The second-order valence-electron chi connectivity index (χ2n) is 8.30. The van der Waals surface area contributed by atoms with Gasteiger partial charge in [-0.05, 0) is 75.4 Å². The molecule has 0 saturated carbocycles. The Balaban J connectivity index is 0.00000196. The second kappa shape index (κ2) is 14.9. The van der Waals surface area contributed by atoms with Crippen LogP contribution in [0.3, 0.4) is 0 Å². The van der Waals surface area contributed by atoms with Crippen molar-refractivity contribution in [3.63, 3.8) is 0 Å². The summed E-state index contributed by atoms with van der Waals surface area (Å²) in [5.41, 5.74) is 1.89. The Hall–Kier alpha value is -0.590. The average molecular weight is 636 g/mol. The molecule has 0 aliphatic heterocycles. The molecule has 41 heavy (non-hydrogen) atoms. The Bertz CT molecular complexity index is 1950. The molecular weight excluding hydrogens is 619 g/mol. The van der Waals surface area contributed by atoms with Crippen molar-refractivity contribution < 1.29 is 119 Å². The van der Waals surface area contributed by atoms with Gasteiger partial charge in [-0.1, -0.05) is 54.6 Å². The molecule has 4 aromatic carbocycles. The topological polar surface area (TPSA) is 168 Å². The smallest absolute Gasteiger partial charge is 0.768 e. The zero-order valence-electron chi connectivity index (χ0n) is 22.4. The van der Waals surface area contributed by atoms with Crippen LogP contribution in [-0.4, -0.2) is 45.5 Å². The van der Waals surface area contributed by atoms with Crippen LogP contribution in [0.2, 0.25) is 0 Å². The Kier molecular flexibility index (Phi) is 13.3. The Morgan fingerprint density at radius 2 is 1.39 bits per heavy atom. The standard InChI is InChI=1S/C25H19N3O7S3.3Na/c1-15-6-7-16(22(12-15)36(29)30)8-9-17-10-11-18(13-24(17)38(33,34)35)28-26-21-14-23(37(31)32)19-4-2-3-5-20(19)25(21)27-28;;;/h2-14H,1H3,(H,29,30)(H,31,32)(H,33,34,35);;;/q;3*+1/p-3. The molecule has 0 N–H and O–H groups in total. The van der Waals surface area contributed by atoms with E-state index in [9.17, 15) is 30.5 Å². The largest absolute Gasteiger partial charge is 1.00 e. The zero-order chi connectivity index (χ0) is 27.2. The number of benzene rings is 4. The molecule has 194 valence electrons. The summed E-state index contributed by atoms with van der Waals surface area (Å²) in [6.07, 6.45) is 2.75. The number of aromatic nitrogens is 3. The van der Waals surface area contributed by atoms with Gasteiger partial charge in [-0.15, -0.1) is 10.2 Å². The van der Waals surface area contributed by atoms with Gasteiger partial charge in [0.15, 0.2) is 0 Å². The van der Waals surface area contributed by atoms with E-state index in [1.807, 2.05) is 0 Å². The molecule has 0 spiro atoms. The van der Waals surface area contributed by atoms with E-state index in [4.69, 9.17) is 0 Å². The van der Waals surface area contributed by atoms with Crippen LogP contribution < -0.4 is 88.7 Å². The summed E-state index contributed by atoms with van der Waals surface area (Å²) in [5.74, 6) is 0. The van der Waals surface area contributed by atoms with Gasteiger partial charge in [0.05, 0.1) is 10.6 Å². The Morgan fingerprint density at radius 1 is 0.780 bits per heavy atom. The first kappa shape index (κ1) is 36.6. The molecular formula is C25H16N3Na3O7S3. The fraction of sp³-hybridized carbons (Fsp3) is 0.0400. The summed E-state index contributed by atoms with van der Waals surface area (Å²) >= 11 is -5.05. The molecule has 5 aromatic rings. The molecule has 0 amide bonds. The normalized spacial score (nSPS) is 12.9. The summed E-state index contributed by atoms with van der Waals surface area (Å²) in [5, 5.41) is 9.72. The van der Waals surface area contributed by atoms with E-state index >= 15 is 0 Å². The van der Waals surface area contributed by atoms with E-state index in [1.165, 1.54) is 36.4 Å². The van der Waals surface area contributed by atoms with Gasteiger partial charge < -0.3 is 13.7 Å². The molecule has 0 aliphatic carbocycles. The minimum atomic E-state index is -4.96. The summed E-state index contributed by atoms with van der Waals surface area (Å²) < 4.78 is 83.1. The first-order chi connectivity index (χ1) is 18.0. The minimum Gasteiger partial charge on any atom is -0.768 e. The second-order valence-corrected chi connectivity index (χ2v) is 11.5. The van der Waals surface area contributed by atoms with Gasteiger partial charge in [0.25, 0.3) is 0 Å². The SMILES string of the molecule is Cc1ccc(C=Cc2ccc(-n3nc4cc(S(=O)[O-])c5ccccc5c4n3)cc2S(=O)(=O)[O-])c(S(=O)[O-])c1.[Na+].[Na+].[Na+]. The van der Waals surface area contributed by atoms with Crippen LogP contribution >= 0.6 is 0 Å². The minimum absolute atomic E-state index is 0. The maximum Gasteiger partial charge on any atom is 1.00 e. The zero-order valence-corrected chi connectivity index (χ0v) is 30.9.